The molecule has 0 aliphatic carbocycles. The van der Waals surface area contributed by atoms with Gasteiger partial charge >= 0.3 is 6.01 Å². The summed E-state index contributed by atoms with van der Waals surface area (Å²) in [5.74, 6) is -0.122. The van der Waals surface area contributed by atoms with Gasteiger partial charge in [-0.2, -0.15) is 9.97 Å². The molecule has 8 nitrogen and oxygen atoms in total. The largest absolute Gasteiger partial charge is 0.508 e. The van der Waals surface area contributed by atoms with E-state index in [-0.39, 0.29) is 34.8 Å². The number of anilines is 1. The molecule has 2 aromatic carbocycles. The standard InChI is InChI=1S/C26H23ClFN5O3/c1-4-20(35)33-12-14(13-33)11-32(2)25-18-10-29-23(22(28)24(18)30-26(31-25)36-3)17-9-16(34)8-15-6-5-7-19(27)21(15)17/h4-10,14,34H,1,11-13H2,2-3H3. The molecule has 2 aromatic heterocycles. The van der Waals surface area contributed by atoms with Gasteiger partial charge < -0.3 is 19.6 Å². The van der Waals surface area contributed by atoms with Crippen LogP contribution in [0.5, 0.6) is 11.8 Å². The highest BCUT2D eigenvalue weighted by atomic mass is 35.5. The van der Waals surface area contributed by atoms with Gasteiger partial charge in [-0.05, 0) is 29.7 Å². The first-order chi connectivity index (χ1) is 17.3. The highest BCUT2D eigenvalue weighted by molar-refractivity contribution is 6.36. The summed E-state index contributed by atoms with van der Waals surface area (Å²) in [6.07, 6.45) is 2.82. The molecule has 3 heterocycles. The number of carbonyl (C=O) groups is 1. The lowest BCUT2D eigenvalue weighted by molar-refractivity contribution is -0.131. The van der Waals surface area contributed by atoms with E-state index in [9.17, 15) is 9.90 Å². The van der Waals surface area contributed by atoms with Crippen LogP contribution < -0.4 is 9.64 Å². The molecule has 1 saturated heterocycles. The van der Waals surface area contributed by atoms with Gasteiger partial charge in [-0.15, -0.1) is 0 Å². The second-order valence-electron chi connectivity index (χ2n) is 8.74. The van der Waals surface area contributed by atoms with E-state index in [0.29, 0.717) is 52.2 Å². The average Bonchev–Trinajstić information content (AvgIpc) is 2.84. The van der Waals surface area contributed by atoms with Crippen molar-refractivity contribution < 1.29 is 19.0 Å². The molecule has 36 heavy (non-hydrogen) atoms. The van der Waals surface area contributed by atoms with Crippen molar-refractivity contribution in [2.45, 2.75) is 0 Å². The number of carbonyl (C=O) groups excluding carboxylic acids is 1. The van der Waals surface area contributed by atoms with Gasteiger partial charge in [-0.25, -0.2) is 4.39 Å². The highest BCUT2D eigenvalue weighted by Crippen LogP contribution is 2.39. The van der Waals surface area contributed by atoms with Crippen molar-refractivity contribution in [1.82, 2.24) is 19.9 Å². The van der Waals surface area contributed by atoms with E-state index < -0.39 is 5.82 Å². The van der Waals surface area contributed by atoms with Crippen LogP contribution in [0.25, 0.3) is 32.9 Å². The summed E-state index contributed by atoms with van der Waals surface area (Å²) in [6, 6.07) is 8.25. The molecular weight excluding hydrogens is 485 g/mol. The number of aromatic hydroxyl groups is 1. The van der Waals surface area contributed by atoms with Crippen molar-refractivity contribution in [3.63, 3.8) is 0 Å². The number of fused-ring (bicyclic) bond motifs is 2. The fourth-order valence-electron chi connectivity index (χ4n) is 4.61. The summed E-state index contributed by atoms with van der Waals surface area (Å²) < 4.78 is 21.3. The predicted molar refractivity (Wildman–Crippen MR) is 137 cm³/mol. The molecule has 1 aliphatic heterocycles. The number of halogens is 2. The lowest BCUT2D eigenvalue weighted by Gasteiger charge is -2.40. The van der Waals surface area contributed by atoms with Crippen molar-refractivity contribution in [3.8, 4) is 23.0 Å². The molecule has 5 rings (SSSR count). The van der Waals surface area contributed by atoms with Crippen molar-refractivity contribution >= 4 is 45.0 Å². The molecule has 1 fully saturated rings. The maximum absolute atomic E-state index is 16.0. The topological polar surface area (TPSA) is 91.7 Å². The van der Waals surface area contributed by atoms with Gasteiger partial charge in [0, 0.05) is 54.8 Å². The van der Waals surface area contributed by atoms with Crippen molar-refractivity contribution in [2.24, 2.45) is 5.92 Å². The maximum Gasteiger partial charge on any atom is 0.318 e. The molecular formula is C26H23ClFN5O3. The fraction of sp³-hybridized carbons (Fsp3) is 0.231. The summed E-state index contributed by atoms with van der Waals surface area (Å²) >= 11 is 6.44. The number of methoxy groups -OCH3 is 1. The van der Waals surface area contributed by atoms with Crippen LogP contribution in [-0.4, -0.2) is 64.7 Å². The Hall–Kier alpha value is -3.98. The molecule has 1 aliphatic rings. The Morgan fingerprint density at radius 2 is 2.14 bits per heavy atom. The minimum absolute atomic E-state index is 0.00317. The van der Waals surface area contributed by atoms with E-state index in [2.05, 4.69) is 21.5 Å². The van der Waals surface area contributed by atoms with Crippen LogP contribution in [0.1, 0.15) is 0 Å². The van der Waals surface area contributed by atoms with Crippen LogP contribution in [-0.2, 0) is 4.79 Å². The number of nitrogens with zero attached hydrogens (tertiary/aromatic N) is 5. The monoisotopic (exact) mass is 507 g/mol. The number of likely N-dealkylation sites (tertiary alicyclic amines) is 1. The summed E-state index contributed by atoms with van der Waals surface area (Å²) in [7, 11) is 3.26. The molecule has 4 aromatic rings. The van der Waals surface area contributed by atoms with Gasteiger partial charge in [0.15, 0.2) is 5.82 Å². The third kappa shape index (κ3) is 4.05. The number of pyridine rings is 1. The van der Waals surface area contributed by atoms with E-state index in [1.165, 1.54) is 25.4 Å². The maximum atomic E-state index is 16.0. The SMILES string of the molecule is C=CC(=O)N1CC(CN(C)c2nc(OC)nc3c(F)c(-c4cc(O)cc5cccc(Cl)c45)ncc23)C1. The van der Waals surface area contributed by atoms with Crippen LogP contribution in [0.15, 0.2) is 49.2 Å². The molecule has 0 radical (unpaired) electrons. The summed E-state index contributed by atoms with van der Waals surface area (Å²) in [4.78, 5) is 28.5. The third-order valence-electron chi connectivity index (χ3n) is 6.33. The lowest BCUT2D eigenvalue weighted by atomic mass is 9.99. The Morgan fingerprint density at radius 3 is 2.86 bits per heavy atom. The van der Waals surface area contributed by atoms with Gasteiger partial charge in [0.1, 0.15) is 22.8 Å². The van der Waals surface area contributed by atoms with E-state index in [0.717, 1.165) is 0 Å². The number of amides is 1. The zero-order valence-corrected chi connectivity index (χ0v) is 20.5. The van der Waals surface area contributed by atoms with Crippen molar-refractivity contribution in [2.75, 3.05) is 38.7 Å². The first-order valence-corrected chi connectivity index (χ1v) is 11.6. The number of hydrogen-bond acceptors (Lipinski definition) is 7. The average molecular weight is 508 g/mol. The number of phenolic OH excluding ortho intramolecular Hbond substituents is 1. The molecule has 1 amide bonds. The van der Waals surface area contributed by atoms with E-state index >= 15 is 4.39 Å². The predicted octanol–water partition coefficient (Wildman–Crippen LogP) is 4.43. The van der Waals surface area contributed by atoms with Gasteiger partial charge in [0.05, 0.1) is 12.5 Å². The second-order valence-corrected chi connectivity index (χ2v) is 9.15. The van der Waals surface area contributed by atoms with Crippen LogP contribution in [0, 0.1) is 11.7 Å². The summed E-state index contributed by atoms with van der Waals surface area (Å²) in [5, 5.41) is 12.3. The van der Waals surface area contributed by atoms with E-state index in [4.69, 9.17) is 16.3 Å². The molecule has 0 bridgehead atoms. The first kappa shape index (κ1) is 23.7. The summed E-state index contributed by atoms with van der Waals surface area (Å²) in [6.45, 7) is 5.32. The normalized spacial score (nSPS) is 13.6. The highest BCUT2D eigenvalue weighted by Gasteiger charge is 2.31. The molecule has 0 atom stereocenters. The number of aromatic nitrogens is 3. The van der Waals surface area contributed by atoms with Crippen LogP contribution in [0.4, 0.5) is 10.2 Å². The Labute approximate surface area is 211 Å². The number of benzene rings is 2. The van der Waals surface area contributed by atoms with Gasteiger partial charge in [-0.1, -0.05) is 30.3 Å². The van der Waals surface area contributed by atoms with Crippen LogP contribution in [0.3, 0.4) is 0 Å². The third-order valence-corrected chi connectivity index (χ3v) is 6.64. The summed E-state index contributed by atoms with van der Waals surface area (Å²) in [5.41, 5.74) is 0.390. The first-order valence-electron chi connectivity index (χ1n) is 11.2. The number of ether oxygens (including phenoxy) is 1. The number of phenols is 1. The Bertz CT molecular complexity index is 1520. The van der Waals surface area contributed by atoms with Gasteiger partial charge in [-0.3, -0.25) is 9.78 Å². The van der Waals surface area contributed by atoms with Gasteiger partial charge in [0.25, 0.3) is 0 Å². The Morgan fingerprint density at radius 1 is 1.36 bits per heavy atom. The minimum Gasteiger partial charge on any atom is -0.508 e. The number of rotatable bonds is 6. The Kier molecular flexibility index (Phi) is 6.09. The molecule has 0 unspecified atom stereocenters. The van der Waals surface area contributed by atoms with Gasteiger partial charge in [0.2, 0.25) is 5.91 Å². The van der Waals surface area contributed by atoms with Crippen LogP contribution in [0.2, 0.25) is 5.02 Å². The number of hydrogen-bond donors (Lipinski definition) is 1. The van der Waals surface area contributed by atoms with Crippen molar-refractivity contribution in [3.05, 3.63) is 60.0 Å². The van der Waals surface area contributed by atoms with E-state index in [1.807, 2.05) is 11.9 Å². The van der Waals surface area contributed by atoms with E-state index in [1.54, 1.807) is 29.2 Å². The molecule has 10 heteroatoms. The molecule has 0 saturated carbocycles. The van der Waals surface area contributed by atoms with Crippen molar-refractivity contribution in [1.29, 1.82) is 0 Å². The quantitative estimate of drug-likeness (QED) is 0.386. The fourth-order valence-corrected chi connectivity index (χ4v) is 4.90. The lowest BCUT2D eigenvalue weighted by Crippen LogP contribution is -2.53. The van der Waals surface area contributed by atoms with Crippen LogP contribution >= 0.6 is 11.6 Å². The second kappa shape index (κ2) is 9.23. The minimum atomic E-state index is -0.680. The smallest absolute Gasteiger partial charge is 0.318 e. The molecule has 1 N–H and O–H groups in total. The zero-order valence-electron chi connectivity index (χ0n) is 19.7. The Balaban J connectivity index is 1.58. The zero-order chi connectivity index (χ0) is 25.6. The molecule has 184 valence electrons. The molecule has 0 spiro atoms.